The summed E-state index contributed by atoms with van der Waals surface area (Å²) < 4.78 is 0. The van der Waals surface area contributed by atoms with Crippen LogP contribution in [-0.4, -0.2) is 5.24 Å². The number of thiol groups is 1. The number of hydrogen-bond donors (Lipinski definition) is 2. The molecule has 13 heavy (non-hydrogen) atoms. The predicted molar refractivity (Wildman–Crippen MR) is 57.7 cm³/mol. The molecule has 0 radical (unpaired) electrons. The minimum Gasteiger partial charge on any atom is -0.343 e. The number of rotatable bonds is 2. The Morgan fingerprint density at radius 3 is 2.62 bits per heavy atom. The van der Waals surface area contributed by atoms with Gasteiger partial charge in [-0.2, -0.15) is 0 Å². The number of benzene rings is 1. The lowest BCUT2D eigenvalue weighted by Crippen LogP contribution is -2.15. The zero-order valence-electron chi connectivity index (χ0n) is 6.55. The van der Waals surface area contributed by atoms with Gasteiger partial charge >= 0.3 is 0 Å². The van der Waals surface area contributed by atoms with Gasteiger partial charge in [0, 0.05) is 6.54 Å². The Morgan fingerprint density at radius 1 is 1.38 bits per heavy atom. The van der Waals surface area contributed by atoms with Crippen LogP contribution >= 0.6 is 35.8 Å². The van der Waals surface area contributed by atoms with Crippen LogP contribution in [0, 0.1) is 0 Å². The van der Waals surface area contributed by atoms with Gasteiger partial charge in [0.1, 0.15) is 0 Å². The monoisotopic (exact) mass is 235 g/mol. The first kappa shape index (κ1) is 10.7. The van der Waals surface area contributed by atoms with Crippen molar-refractivity contribution in [3.05, 3.63) is 33.8 Å². The van der Waals surface area contributed by atoms with E-state index in [1.54, 1.807) is 18.2 Å². The molecule has 0 aliphatic heterocycles. The van der Waals surface area contributed by atoms with E-state index in [9.17, 15) is 4.79 Å². The first-order valence-electron chi connectivity index (χ1n) is 3.50. The van der Waals surface area contributed by atoms with Crippen LogP contribution in [0.25, 0.3) is 0 Å². The van der Waals surface area contributed by atoms with Gasteiger partial charge in [-0.3, -0.25) is 4.79 Å². The summed E-state index contributed by atoms with van der Waals surface area (Å²) in [7, 11) is 0. The van der Waals surface area contributed by atoms with Gasteiger partial charge in [0.2, 0.25) is 0 Å². The summed E-state index contributed by atoms with van der Waals surface area (Å²) >= 11 is 15.0. The fourth-order valence-corrected chi connectivity index (χ4v) is 1.23. The van der Waals surface area contributed by atoms with E-state index in [0.29, 0.717) is 16.6 Å². The molecule has 1 N–H and O–H groups in total. The molecule has 1 aromatic rings. The highest BCUT2D eigenvalue weighted by molar-refractivity contribution is 7.96. The van der Waals surface area contributed by atoms with Crippen LogP contribution in [0.1, 0.15) is 5.56 Å². The van der Waals surface area contributed by atoms with Crippen molar-refractivity contribution >= 4 is 41.1 Å². The standard InChI is InChI=1S/C8H7Cl2NOS/c9-6-2-1-5(3-7(6)10)4-11-8(12)13/h1-3H,4H2,(H2,11,12,13). The first-order chi connectivity index (χ1) is 6.09. The maximum atomic E-state index is 10.5. The molecule has 0 fully saturated rings. The van der Waals surface area contributed by atoms with E-state index in [4.69, 9.17) is 23.2 Å². The summed E-state index contributed by atoms with van der Waals surface area (Å²) in [5.74, 6) is 0. The normalized spacial score (nSPS) is 9.77. The lowest BCUT2D eigenvalue weighted by Gasteiger charge is -2.02. The molecule has 0 heterocycles. The zero-order valence-corrected chi connectivity index (χ0v) is 8.96. The van der Waals surface area contributed by atoms with Crippen molar-refractivity contribution in [3.8, 4) is 0 Å². The highest BCUT2D eigenvalue weighted by atomic mass is 35.5. The maximum absolute atomic E-state index is 10.5. The second-order valence-corrected chi connectivity index (χ2v) is 3.63. The molecule has 0 saturated carbocycles. The van der Waals surface area contributed by atoms with Gasteiger partial charge in [-0.1, -0.05) is 41.9 Å². The van der Waals surface area contributed by atoms with Crippen LogP contribution in [0.3, 0.4) is 0 Å². The van der Waals surface area contributed by atoms with Gasteiger partial charge < -0.3 is 5.32 Å². The third-order valence-electron chi connectivity index (χ3n) is 1.43. The Kier molecular flexibility index (Phi) is 3.90. The second-order valence-electron chi connectivity index (χ2n) is 2.41. The molecule has 2 nitrogen and oxygen atoms in total. The summed E-state index contributed by atoms with van der Waals surface area (Å²) in [6, 6.07) is 5.18. The predicted octanol–water partition coefficient (Wildman–Crippen LogP) is 3.13. The topological polar surface area (TPSA) is 29.1 Å². The maximum Gasteiger partial charge on any atom is 0.276 e. The van der Waals surface area contributed by atoms with Gasteiger partial charge in [-0.05, 0) is 17.7 Å². The van der Waals surface area contributed by atoms with Crippen LogP contribution in [-0.2, 0) is 6.54 Å². The zero-order chi connectivity index (χ0) is 9.84. The molecule has 0 saturated heterocycles. The Hall–Kier alpha value is -0.380. The van der Waals surface area contributed by atoms with E-state index in [2.05, 4.69) is 17.9 Å². The van der Waals surface area contributed by atoms with Crippen molar-refractivity contribution in [2.24, 2.45) is 0 Å². The smallest absolute Gasteiger partial charge is 0.276 e. The van der Waals surface area contributed by atoms with Crippen molar-refractivity contribution in [1.82, 2.24) is 5.32 Å². The summed E-state index contributed by atoms with van der Waals surface area (Å²) in [6.07, 6.45) is 0. The van der Waals surface area contributed by atoms with Crippen LogP contribution in [0.15, 0.2) is 18.2 Å². The number of hydrogen-bond acceptors (Lipinski definition) is 1. The largest absolute Gasteiger partial charge is 0.343 e. The fourth-order valence-electron chi connectivity index (χ4n) is 0.827. The SMILES string of the molecule is O=C(S)NCc1ccc(Cl)c(Cl)c1. The third-order valence-corrected chi connectivity index (χ3v) is 2.32. The molecular weight excluding hydrogens is 229 g/mol. The van der Waals surface area contributed by atoms with E-state index in [1.165, 1.54) is 0 Å². The average molecular weight is 236 g/mol. The quantitative estimate of drug-likeness (QED) is 0.759. The Labute approximate surface area is 91.6 Å². The van der Waals surface area contributed by atoms with E-state index in [1.807, 2.05) is 0 Å². The molecule has 70 valence electrons. The van der Waals surface area contributed by atoms with E-state index < -0.39 is 0 Å². The highest BCUT2D eigenvalue weighted by Crippen LogP contribution is 2.22. The van der Waals surface area contributed by atoms with Crippen LogP contribution in [0.4, 0.5) is 4.79 Å². The van der Waals surface area contributed by atoms with Gasteiger partial charge in [0.15, 0.2) is 0 Å². The molecule has 0 unspecified atom stereocenters. The first-order valence-corrected chi connectivity index (χ1v) is 4.70. The number of halogens is 2. The molecule has 5 heteroatoms. The van der Waals surface area contributed by atoms with Crippen molar-refractivity contribution < 1.29 is 4.79 Å². The molecule has 1 aromatic carbocycles. The number of carbonyl (C=O) groups excluding carboxylic acids is 1. The number of nitrogens with one attached hydrogen (secondary N) is 1. The van der Waals surface area contributed by atoms with E-state index >= 15 is 0 Å². The van der Waals surface area contributed by atoms with Crippen LogP contribution in [0.2, 0.25) is 10.0 Å². The summed E-state index contributed by atoms with van der Waals surface area (Å²) in [5, 5.41) is 3.14. The summed E-state index contributed by atoms with van der Waals surface area (Å²) in [5.41, 5.74) is 0.886. The fraction of sp³-hybridized carbons (Fsp3) is 0.125. The van der Waals surface area contributed by atoms with Gasteiger partial charge in [0.25, 0.3) is 5.24 Å². The Morgan fingerprint density at radius 2 is 2.08 bits per heavy atom. The minimum absolute atomic E-state index is 0.369. The van der Waals surface area contributed by atoms with E-state index in [0.717, 1.165) is 5.56 Å². The molecule has 1 rings (SSSR count). The Balaban J connectivity index is 2.68. The third kappa shape index (κ3) is 3.46. The average Bonchev–Trinajstić information content (AvgIpc) is 2.07. The lowest BCUT2D eigenvalue weighted by atomic mass is 10.2. The van der Waals surface area contributed by atoms with Crippen LogP contribution in [0.5, 0.6) is 0 Å². The van der Waals surface area contributed by atoms with Crippen molar-refractivity contribution in [2.45, 2.75) is 6.54 Å². The lowest BCUT2D eigenvalue weighted by molar-refractivity contribution is 0.260. The molecule has 0 aromatic heterocycles. The van der Waals surface area contributed by atoms with Gasteiger partial charge in [-0.15, -0.1) is 0 Å². The van der Waals surface area contributed by atoms with Crippen molar-refractivity contribution in [3.63, 3.8) is 0 Å². The molecule has 0 bridgehead atoms. The van der Waals surface area contributed by atoms with Crippen molar-refractivity contribution in [2.75, 3.05) is 0 Å². The summed E-state index contributed by atoms with van der Waals surface area (Å²) in [4.78, 5) is 10.5. The second kappa shape index (κ2) is 4.74. The molecule has 0 spiro atoms. The Bertz CT molecular complexity index is 330. The molecule has 0 aliphatic rings. The highest BCUT2D eigenvalue weighted by Gasteiger charge is 1.99. The number of amides is 1. The van der Waals surface area contributed by atoms with Gasteiger partial charge in [0.05, 0.1) is 10.0 Å². The number of carbonyl (C=O) groups is 1. The summed E-state index contributed by atoms with van der Waals surface area (Å²) in [6.45, 7) is 0.402. The minimum atomic E-state index is -0.369. The van der Waals surface area contributed by atoms with Crippen LogP contribution < -0.4 is 5.32 Å². The molecule has 0 aliphatic carbocycles. The molecular formula is C8H7Cl2NOS. The molecule has 0 atom stereocenters. The van der Waals surface area contributed by atoms with Crippen molar-refractivity contribution in [1.29, 1.82) is 0 Å². The van der Waals surface area contributed by atoms with E-state index in [-0.39, 0.29) is 5.24 Å². The molecule has 1 amide bonds. The van der Waals surface area contributed by atoms with Gasteiger partial charge in [-0.25, -0.2) is 0 Å².